The van der Waals surface area contributed by atoms with Gasteiger partial charge in [-0.05, 0) is 50.6 Å². The van der Waals surface area contributed by atoms with Gasteiger partial charge < -0.3 is 20.1 Å². The third-order valence-electron chi connectivity index (χ3n) is 4.31. The van der Waals surface area contributed by atoms with E-state index in [1.165, 1.54) is 12.8 Å². The van der Waals surface area contributed by atoms with Crippen molar-refractivity contribution < 1.29 is 14.6 Å². The number of aliphatic hydroxyl groups is 1. The fourth-order valence-corrected chi connectivity index (χ4v) is 2.71. The Bertz CT molecular complexity index is 533. The lowest BCUT2D eigenvalue weighted by Gasteiger charge is -2.25. The topological polar surface area (TPSA) is 61.8 Å². The second-order valence-electron chi connectivity index (χ2n) is 6.10. The molecule has 23 heavy (non-hydrogen) atoms. The highest BCUT2D eigenvalue weighted by molar-refractivity contribution is 5.97. The van der Waals surface area contributed by atoms with Crippen molar-refractivity contribution in [2.75, 3.05) is 25.0 Å². The van der Waals surface area contributed by atoms with Crippen molar-refractivity contribution in [3.05, 3.63) is 23.8 Å². The van der Waals surface area contributed by atoms with Crippen molar-refractivity contribution in [3.8, 4) is 5.75 Å². The van der Waals surface area contributed by atoms with Crippen LogP contribution in [0.15, 0.2) is 18.2 Å². The highest BCUT2D eigenvalue weighted by Gasteiger charge is 2.24. The molecule has 0 saturated carbocycles. The van der Waals surface area contributed by atoms with Gasteiger partial charge in [-0.15, -0.1) is 0 Å². The predicted molar refractivity (Wildman–Crippen MR) is 91.8 cm³/mol. The van der Waals surface area contributed by atoms with E-state index in [1.807, 2.05) is 18.2 Å². The fraction of sp³-hybridized carbons (Fsp3) is 0.611. The van der Waals surface area contributed by atoms with Gasteiger partial charge in [0.25, 0.3) is 5.91 Å². The van der Waals surface area contributed by atoms with Gasteiger partial charge in [0.05, 0.1) is 11.8 Å². The van der Waals surface area contributed by atoms with Gasteiger partial charge in [0.2, 0.25) is 0 Å². The minimum absolute atomic E-state index is 0.152. The number of aliphatic hydroxyl groups excluding tert-OH is 1. The molecule has 0 fully saturated rings. The number of carbonyl (C=O) groups excluding carboxylic acids is 1. The van der Waals surface area contributed by atoms with Crippen molar-refractivity contribution in [1.29, 1.82) is 0 Å². The number of fused-ring (bicyclic) bond motifs is 1. The summed E-state index contributed by atoms with van der Waals surface area (Å²) in [6.07, 6.45) is 2.04. The molecule has 0 spiro atoms. The lowest BCUT2D eigenvalue weighted by Crippen LogP contribution is -2.34. The minimum Gasteiger partial charge on any atom is -0.479 e. The zero-order chi connectivity index (χ0) is 16.8. The quantitative estimate of drug-likeness (QED) is 0.773. The van der Waals surface area contributed by atoms with Crippen molar-refractivity contribution in [1.82, 2.24) is 4.90 Å². The van der Waals surface area contributed by atoms with Crippen LogP contribution >= 0.6 is 0 Å². The van der Waals surface area contributed by atoms with Gasteiger partial charge in [-0.2, -0.15) is 0 Å². The highest BCUT2D eigenvalue weighted by atomic mass is 16.5. The van der Waals surface area contributed by atoms with Gasteiger partial charge in [-0.25, -0.2) is 0 Å². The van der Waals surface area contributed by atoms with E-state index in [4.69, 9.17) is 4.74 Å². The molecule has 2 N–H and O–H groups in total. The molecule has 128 valence electrons. The first-order valence-corrected chi connectivity index (χ1v) is 8.57. The lowest BCUT2D eigenvalue weighted by molar-refractivity contribution is -0.122. The SMILES string of the molecule is CCCCN(CC)CCC(O)c1ccc2c(c1)NC(=O)C(C)O2. The van der Waals surface area contributed by atoms with Crippen LogP contribution in [0.2, 0.25) is 0 Å². The number of hydrogen-bond donors (Lipinski definition) is 2. The van der Waals surface area contributed by atoms with Crippen LogP contribution in [0.3, 0.4) is 0 Å². The third-order valence-corrected chi connectivity index (χ3v) is 4.31. The predicted octanol–water partition coefficient (Wildman–Crippen LogP) is 2.95. The second kappa shape index (κ2) is 8.31. The average Bonchev–Trinajstić information content (AvgIpc) is 2.55. The van der Waals surface area contributed by atoms with Gasteiger partial charge >= 0.3 is 0 Å². The van der Waals surface area contributed by atoms with Crippen LogP contribution in [0.25, 0.3) is 0 Å². The molecule has 0 radical (unpaired) electrons. The first kappa shape index (κ1) is 17.8. The van der Waals surface area contributed by atoms with E-state index in [2.05, 4.69) is 24.1 Å². The summed E-state index contributed by atoms with van der Waals surface area (Å²) in [6.45, 7) is 9.00. The summed E-state index contributed by atoms with van der Waals surface area (Å²) in [5.41, 5.74) is 1.46. The van der Waals surface area contributed by atoms with E-state index in [0.717, 1.165) is 25.2 Å². The summed E-state index contributed by atoms with van der Waals surface area (Å²) < 4.78 is 5.54. The van der Waals surface area contributed by atoms with Crippen molar-refractivity contribution in [3.63, 3.8) is 0 Å². The molecule has 0 saturated heterocycles. The van der Waals surface area contributed by atoms with Crippen molar-refractivity contribution in [2.24, 2.45) is 0 Å². The molecule has 0 aromatic heterocycles. The Balaban J connectivity index is 1.96. The zero-order valence-corrected chi connectivity index (χ0v) is 14.3. The number of nitrogens with one attached hydrogen (secondary N) is 1. The molecule has 5 nitrogen and oxygen atoms in total. The summed E-state index contributed by atoms with van der Waals surface area (Å²) in [4.78, 5) is 14.0. The van der Waals surface area contributed by atoms with E-state index >= 15 is 0 Å². The Morgan fingerprint density at radius 1 is 1.35 bits per heavy atom. The van der Waals surface area contributed by atoms with Crippen molar-refractivity contribution >= 4 is 11.6 Å². The zero-order valence-electron chi connectivity index (χ0n) is 14.3. The molecular formula is C18H28N2O3. The first-order chi connectivity index (χ1) is 11.0. The van der Waals surface area contributed by atoms with Gasteiger partial charge in [-0.1, -0.05) is 26.3 Å². The molecule has 5 heteroatoms. The summed E-state index contributed by atoms with van der Waals surface area (Å²) in [7, 11) is 0. The molecule has 1 heterocycles. The minimum atomic E-state index is -0.535. The number of ether oxygens (including phenoxy) is 1. The Kier molecular flexibility index (Phi) is 6.42. The van der Waals surface area contributed by atoms with Crippen LogP contribution in [-0.2, 0) is 4.79 Å². The van der Waals surface area contributed by atoms with Gasteiger partial charge in [-0.3, -0.25) is 4.79 Å². The summed E-state index contributed by atoms with van der Waals surface area (Å²) >= 11 is 0. The summed E-state index contributed by atoms with van der Waals surface area (Å²) in [5.74, 6) is 0.507. The molecule has 2 atom stereocenters. The van der Waals surface area contributed by atoms with E-state index in [0.29, 0.717) is 17.9 Å². The molecule has 0 aliphatic carbocycles. The Hall–Kier alpha value is -1.59. The number of amides is 1. The normalized spacial score (nSPS) is 18.3. The number of benzene rings is 1. The molecular weight excluding hydrogens is 292 g/mol. The maximum absolute atomic E-state index is 11.7. The van der Waals surface area contributed by atoms with Crippen LogP contribution in [-0.4, -0.2) is 41.7 Å². The van der Waals surface area contributed by atoms with Crippen molar-refractivity contribution in [2.45, 2.75) is 52.2 Å². The number of nitrogens with zero attached hydrogens (tertiary/aromatic N) is 1. The van der Waals surface area contributed by atoms with Crippen LogP contribution in [0, 0.1) is 0 Å². The first-order valence-electron chi connectivity index (χ1n) is 8.57. The molecule has 1 aliphatic rings. The lowest BCUT2D eigenvalue weighted by atomic mass is 10.0. The standard InChI is InChI=1S/C18H28N2O3/c1-4-6-10-20(5-2)11-9-16(21)14-7-8-17-15(12-14)19-18(22)13(3)23-17/h7-8,12-13,16,21H,4-6,9-11H2,1-3H3,(H,19,22). The maximum Gasteiger partial charge on any atom is 0.265 e. The number of carbonyl (C=O) groups is 1. The molecule has 1 amide bonds. The van der Waals surface area contributed by atoms with Gasteiger partial charge in [0.1, 0.15) is 5.75 Å². The molecule has 1 aromatic rings. The van der Waals surface area contributed by atoms with Crippen LogP contribution in [0.4, 0.5) is 5.69 Å². The number of anilines is 1. The van der Waals surface area contributed by atoms with Crippen LogP contribution in [0.5, 0.6) is 5.75 Å². The van der Waals surface area contributed by atoms with E-state index in [-0.39, 0.29) is 5.91 Å². The third kappa shape index (κ3) is 4.69. The Labute approximate surface area is 138 Å². The molecule has 0 bridgehead atoms. The Morgan fingerprint density at radius 2 is 2.13 bits per heavy atom. The highest BCUT2D eigenvalue weighted by Crippen LogP contribution is 2.32. The summed E-state index contributed by atoms with van der Waals surface area (Å²) in [6, 6.07) is 5.50. The second-order valence-corrected chi connectivity index (χ2v) is 6.10. The van der Waals surface area contributed by atoms with Crippen LogP contribution < -0.4 is 10.1 Å². The molecule has 2 rings (SSSR count). The Morgan fingerprint density at radius 3 is 2.83 bits per heavy atom. The smallest absolute Gasteiger partial charge is 0.265 e. The number of unbranched alkanes of at least 4 members (excludes halogenated alkanes) is 1. The largest absolute Gasteiger partial charge is 0.479 e. The molecule has 1 aliphatic heterocycles. The molecule has 2 unspecified atom stereocenters. The monoisotopic (exact) mass is 320 g/mol. The van der Waals surface area contributed by atoms with Gasteiger partial charge in [0.15, 0.2) is 6.10 Å². The average molecular weight is 320 g/mol. The van der Waals surface area contributed by atoms with E-state index in [1.54, 1.807) is 6.92 Å². The number of hydrogen-bond acceptors (Lipinski definition) is 4. The fourth-order valence-electron chi connectivity index (χ4n) is 2.71. The summed E-state index contributed by atoms with van der Waals surface area (Å²) in [5, 5.41) is 13.3. The molecule has 1 aromatic carbocycles. The van der Waals surface area contributed by atoms with Gasteiger partial charge in [0, 0.05) is 6.54 Å². The van der Waals surface area contributed by atoms with E-state index < -0.39 is 12.2 Å². The number of rotatable bonds is 8. The van der Waals surface area contributed by atoms with Crippen LogP contribution in [0.1, 0.15) is 51.7 Å². The maximum atomic E-state index is 11.7. The van der Waals surface area contributed by atoms with E-state index in [9.17, 15) is 9.90 Å².